The van der Waals surface area contributed by atoms with E-state index >= 15 is 0 Å². The van der Waals surface area contributed by atoms with Gasteiger partial charge >= 0.3 is 0 Å². The number of aliphatic imine (C=N–C) groups is 1. The topological polar surface area (TPSA) is 63.5 Å². The molecule has 0 spiro atoms. The van der Waals surface area contributed by atoms with Crippen LogP contribution in [0.3, 0.4) is 0 Å². The van der Waals surface area contributed by atoms with E-state index in [2.05, 4.69) is 20.5 Å². The van der Waals surface area contributed by atoms with Crippen LogP contribution in [0.5, 0.6) is 0 Å². The average Bonchev–Trinajstić information content (AvgIpc) is 3.46. The van der Waals surface area contributed by atoms with Crippen LogP contribution >= 0.6 is 0 Å². The Kier molecular flexibility index (Phi) is 5.87. The van der Waals surface area contributed by atoms with E-state index in [1.807, 2.05) is 13.0 Å². The van der Waals surface area contributed by atoms with E-state index in [0.717, 1.165) is 44.5 Å². The summed E-state index contributed by atoms with van der Waals surface area (Å²) in [5.74, 6) is 0.354. The van der Waals surface area contributed by atoms with Gasteiger partial charge in [0.2, 0.25) is 0 Å². The van der Waals surface area contributed by atoms with Crippen molar-refractivity contribution >= 4 is 5.96 Å². The zero-order valence-corrected chi connectivity index (χ0v) is 14.8. The molecule has 0 unspecified atom stereocenters. The molecule has 2 aliphatic rings. The minimum absolute atomic E-state index is 0.258. The van der Waals surface area contributed by atoms with Crippen molar-refractivity contribution in [1.29, 1.82) is 5.26 Å². The van der Waals surface area contributed by atoms with E-state index < -0.39 is 0 Å². The van der Waals surface area contributed by atoms with Gasteiger partial charge in [0.25, 0.3) is 0 Å². The molecule has 0 amide bonds. The van der Waals surface area contributed by atoms with Crippen molar-refractivity contribution in [3.8, 4) is 6.07 Å². The summed E-state index contributed by atoms with van der Waals surface area (Å²) in [4.78, 5) is 7.11. The zero-order chi connectivity index (χ0) is 17.6. The first kappa shape index (κ1) is 17.7. The molecule has 0 radical (unpaired) electrons. The lowest BCUT2D eigenvalue weighted by atomic mass is 10.1. The summed E-state index contributed by atoms with van der Waals surface area (Å²) >= 11 is 0. The summed E-state index contributed by atoms with van der Waals surface area (Å²) in [6.07, 6.45) is 4.95. The molecule has 2 N–H and O–H groups in total. The predicted octanol–water partition coefficient (Wildman–Crippen LogP) is 2.38. The molecule has 25 heavy (non-hydrogen) atoms. The van der Waals surface area contributed by atoms with Crippen LogP contribution < -0.4 is 10.6 Å². The third kappa shape index (κ3) is 4.93. The van der Waals surface area contributed by atoms with Gasteiger partial charge in [-0.15, -0.1) is 0 Å². The molecule has 3 rings (SSSR count). The second-order valence-electron chi connectivity index (χ2n) is 6.80. The van der Waals surface area contributed by atoms with Crippen LogP contribution in [0.4, 0.5) is 4.39 Å². The summed E-state index contributed by atoms with van der Waals surface area (Å²) in [5.41, 5.74) is 0.831. The van der Waals surface area contributed by atoms with Gasteiger partial charge in [-0.2, -0.15) is 5.26 Å². The van der Waals surface area contributed by atoms with Crippen LogP contribution in [0.25, 0.3) is 0 Å². The number of nitrogens with zero attached hydrogens (tertiary/aromatic N) is 3. The fraction of sp³-hybridized carbons (Fsp3) is 0.579. The molecule has 1 aromatic rings. The van der Waals surface area contributed by atoms with E-state index in [1.54, 1.807) is 12.1 Å². The third-order valence-electron chi connectivity index (χ3n) is 4.87. The minimum atomic E-state index is -0.378. The molecule has 0 atom stereocenters. The number of likely N-dealkylation sites (tertiary alicyclic amines) is 1. The Morgan fingerprint density at radius 1 is 1.32 bits per heavy atom. The molecule has 1 aromatic carbocycles. The Balaban J connectivity index is 1.56. The Labute approximate surface area is 148 Å². The highest BCUT2D eigenvalue weighted by atomic mass is 19.1. The summed E-state index contributed by atoms with van der Waals surface area (Å²) in [5, 5.41) is 15.5. The number of piperidine rings is 1. The number of benzene rings is 1. The second kappa shape index (κ2) is 8.30. The van der Waals surface area contributed by atoms with E-state index in [0.29, 0.717) is 17.2 Å². The number of nitriles is 1. The summed E-state index contributed by atoms with van der Waals surface area (Å²) in [7, 11) is 0. The van der Waals surface area contributed by atoms with Crippen LogP contribution in [-0.2, 0) is 6.54 Å². The molecule has 0 aromatic heterocycles. The molecule has 2 fully saturated rings. The number of rotatable bonds is 5. The fourth-order valence-electron chi connectivity index (χ4n) is 3.27. The van der Waals surface area contributed by atoms with Gasteiger partial charge in [-0.05, 0) is 44.7 Å². The van der Waals surface area contributed by atoms with Gasteiger partial charge in [-0.25, -0.2) is 9.38 Å². The van der Waals surface area contributed by atoms with Crippen LogP contribution in [-0.4, -0.2) is 42.6 Å². The van der Waals surface area contributed by atoms with Crippen molar-refractivity contribution < 1.29 is 4.39 Å². The van der Waals surface area contributed by atoms with Crippen molar-refractivity contribution in [2.24, 2.45) is 4.99 Å². The first-order valence-electron chi connectivity index (χ1n) is 9.17. The van der Waals surface area contributed by atoms with Crippen molar-refractivity contribution in [3.05, 3.63) is 35.1 Å². The Morgan fingerprint density at radius 2 is 2.08 bits per heavy atom. The first-order valence-corrected chi connectivity index (χ1v) is 9.17. The van der Waals surface area contributed by atoms with E-state index in [9.17, 15) is 4.39 Å². The normalized spacial score (nSPS) is 19.5. The maximum atomic E-state index is 14.0. The summed E-state index contributed by atoms with van der Waals surface area (Å²) < 4.78 is 14.0. The number of hydrogen-bond acceptors (Lipinski definition) is 3. The van der Waals surface area contributed by atoms with Crippen LogP contribution in [0.2, 0.25) is 0 Å². The predicted molar refractivity (Wildman–Crippen MR) is 96.7 cm³/mol. The number of nitrogens with one attached hydrogen (secondary N) is 2. The first-order chi connectivity index (χ1) is 12.2. The fourth-order valence-corrected chi connectivity index (χ4v) is 3.27. The molecule has 0 bridgehead atoms. The third-order valence-corrected chi connectivity index (χ3v) is 4.87. The van der Waals surface area contributed by atoms with Crippen molar-refractivity contribution in [3.63, 3.8) is 0 Å². The molecule has 6 heteroatoms. The molecule has 1 heterocycles. The van der Waals surface area contributed by atoms with Gasteiger partial charge in [-0.3, -0.25) is 0 Å². The molecule has 134 valence electrons. The van der Waals surface area contributed by atoms with Crippen LogP contribution in [0.15, 0.2) is 23.2 Å². The second-order valence-corrected chi connectivity index (χ2v) is 6.80. The van der Waals surface area contributed by atoms with Gasteiger partial charge in [0.1, 0.15) is 5.82 Å². The maximum Gasteiger partial charge on any atom is 0.191 e. The van der Waals surface area contributed by atoms with Gasteiger partial charge in [0.15, 0.2) is 5.96 Å². The highest BCUT2D eigenvalue weighted by Gasteiger charge is 2.31. The van der Waals surface area contributed by atoms with E-state index in [1.165, 1.54) is 18.9 Å². The Hall–Kier alpha value is -2.13. The smallest absolute Gasteiger partial charge is 0.191 e. The monoisotopic (exact) mass is 343 g/mol. The molecule has 1 saturated carbocycles. The average molecular weight is 343 g/mol. The lowest BCUT2D eigenvalue weighted by Crippen LogP contribution is -2.49. The van der Waals surface area contributed by atoms with Crippen LogP contribution in [0.1, 0.15) is 43.7 Å². The SMILES string of the molecule is CCNC(=NCc1ccc(C#N)cc1F)NC1CCN(C2CC2)CC1. The Morgan fingerprint density at radius 3 is 2.68 bits per heavy atom. The highest BCUT2D eigenvalue weighted by molar-refractivity contribution is 5.80. The Bertz CT molecular complexity index is 654. The van der Waals surface area contributed by atoms with Crippen LogP contribution in [0, 0.1) is 17.1 Å². The van der Waals surface area contributed by atoms with Crippen molar-refractivity contribution in [2.45, 2.75) is 51.2 Å². The van der Waals surface area contributed by atoms with E-state index in [-0.39, 0.29) is 12.4 Å². The van der Waals surface area contributed by atoms with Gasteiger partial charge in [-0.1, -0.05) is 6.07 Å². The number of hydrogen-bond donors (Lipinski definition) is 2. The number of halogens is 1. The van der Waals surface area contributed by atoms with Crippen molar-refractivity contribution in [2.75, 3.05) is 19.6 Å². The zero-order valence-electron chi connectivity index (χ0n) is 14.8. The van der Waals surface area contributed by atoms with Gasteiger partial charge in [0, 0.05) is 37.3 Å². The lowest BCUT2D eigenvalue weighted by Gasteiger charge is -2.33. The standard InChI is InChI=1S/C19H26FN5/c1-2-22-19(23-13-15-4-3-14(12-21)11-18(15)20)24-16-7-9-25(10-8-16)17-5-6-17/h3-4,11,16-17H,2,5-10,13H2,1H3,(H2,22,23,24). The molecular formula is C19H26FN5. The molecule has 1 saturated heterocycles. The summed E-state index contributed by atoms with van der Waals surface area (Å²) in [6, 6.07) is 7.72. The quantitative estimate of drug-likeness (QED) is 0.636. The van der Waals surface area contributed by atoms with Gasteiger partial charge < -0.3 is 15.5 Å². The van der Waals surface area contributed by atoms with Gasteiger partial charge in [0.05, 0.1) is 18.2 Å². The molecule has 1 aliphatic carbocycles. The maximum absolute atomic E-state index is 14.0. The van der Waals surface area contributed by atoms with Crippen molar-refractivity contribution in [1.82, 2.24) is 15.5 Å². The minimum Gasteiger partial charge on any atom is -0.357 e. The molecule has 1 aliphatic heterocycles. The lowest BCUT2D eigenvalue weighted by molar-refractivity contribution is 0.197. The summed E-state index contributed by atoms with van der Waals surface area (Å²) in [6.45, 7) is 5.34. The molecular weight excluding hydrogens is 317 g/mol. The van der Waals surface area contributed by atoms with E-state index in [4.69, 9.17) is 5.26 Å². The number of guanidine groups is 1. The largest absolute Gasteiger partial charge is 0.357 e. The highest BCUT2D eigenvalue weighted by Crippen LogP contribution is 2.29. The molecule has 5 nitrogen and oxygen atoms in total.